The molecule has 1 aliphatic carbocycles. The fraction of sp³-hybridized carbons (Fsp3) is 0.231. The number of nitrogens with zero attached hydrogens (tertiary/aromatic N) is 2. The molecule has 2 aromatic rings. The highest BCUT2D eigenvalue weighted by molar-refractivity contribution is 6.35. The molecule has 0 saturated carbocycles. The second-order valence-corrected chi connectivity index (χ2v) is 4.90. The van der Waals surface area contributed by atoms with Crippen molar-refractivity contribution in [3.63, 3.8) is 0 Å². The molecule has 0 unspecified atom stereocenters. The zero-order valence-electron chi connectivity index (χ0n) is 9.08. The van der Waals surface area contributed by atoms with Gasteiger partial charge in [0.2, 0.25) is 0 Å². The third kappa shape index (κ3) is 1.92. The van der Waals surface area contributed by atoms with Gasteiger partial charge in [0, 0.05) is 5.03 Å². The number of para-hydroxylation sites is 2. The summed E-state index contributed by atoms with van der Waals surface area (Å²) in [7, 11) is 0. The molecular formula is C13H10Cl2N2. The Bertz CT molecular complexity index is 620. The average molecular weight is 265 g/mol. The van der Waals surface area contributed by atoms with Gasteiger partial charge in [0.05, 0.1) is 11.0 Å². The van der Waals surface area contributed by atoms with Gasteiger partial charge in [0.1, 0.15) is 5.69 Å². The van der Waals surface area contributed by atoms with Gasteiger partial charge in [0.15, 0.2) is 5.15 Å². The fourth-order valence-corrected chi connectivity index (χ4v) is 2.69. The Morgan fingerprint density at radius 1 is 0.941 bits per heavy atom. The number of hydrogen-bond donors (Lipinski definition) is 0. The highest BCUT2D eigenvalue weighted by Gasteiger charge is 2.19. The van der Waals surface area contributed by atoms with Gasteiger partial charge in [-0.15, -0.1) is 0 Å². The Morgan fingerprint density at radius 2 is 1.65 bits per heavy atom. The van der Waals surface area contributed by atoms with Gasteiger partial charge >= 0.3 is 0 Å². The van der Waals surface area contributed by atoms with Crippen LogP contribution in [0.2, 0.25) is 5.15 Å². The van der Waals surface area contributed by atoms with E-state index in [0.29, 0.717) is 5.15 Å². The van der Waals surface area contributed by atoms with Crippen molar-refractivity contribution in [2.75, 3.05) is 0 Å². The molecule has 1 aromatic carbocycles. The number of aromatic nitrogens is 2. The van der Waals surface area contributed by atoms with Gasteiger partial charge in [0.25, 0.3) is 0 Å². The highest BCUT2D eigenvalue weighted by Crippen LogP contribution is 2.37. The monoisotopic (exact) mass is 264 g/mol. The molecule has 3 rings (SSSR count). The van der Waals surface area contributed by atoms with Crippen LogP contribution < -0.4 is 0 Å². The molecule has 0 fully saturated rings. The SMILES string of the molecule is ClC1=C(c2nc3ccccc3nc2Cl)CCC1. The summed E-state index contributed by atoms with van der Waals surface area (Å²) < 4.78 is 0. The van der Waals surface area contributed by atoms with E-state index in [2.05, 4.69) is 9.97 Å². The molecule has 0 aliphatic heterocycles. The van der Waals surface area contributed by atoms with Crippen LogP contribution in [0.4, 0.5) is 0 Å². The first kappa shape index (κ1) is 11.0. The van der Waals surface area contributed by atoms with Crippen molar-refractivity contribution >= 4 is 39.8 Å². The smallest absolute Gasteiger partial charge is 0.155 e. The van der Waals surface area contributed by atoms with E-state index in [-0.39, 0.29) is 0 Å². The molecule has 0 radical (unpaired) electrons. The lowest BCUT2D eigenvalue weighted by Gasteiger charge is -2.06. The van der Waals surface area contributed by atoms with Crippen LogP contribution >= 0.6 is 23.2 Å². The second-order valence-electron chi connectivity index (χ2n) is 4.09. The van der Waals surface area contributed by atoms with E-state index in [4.69, 9.17) is 23.2 Å². The second kappa shape index (κ2) is 4.28. The van der Waals surface area contributed by atoms with Gasteiger partial charge in [-0.25, -0.2) is 9.97 Å². The average Bonchev–Trinajstić information content (AvgIpc) is 2.74. The Balaban J connectivity index is 2.23. The van der Waals surface area contributed by atoms with E-state index in [0.717, 1.165) is 46.6 Å². The van der Waals surface area contributed by atoms with Crippen molar-refractivity contribution in [3.05, 3.63) is 40.1 Å². The quantitative estimate of drug-likeness (QED) is 0.762. The van der Waals surface area contributed by atoms with E-state index in [1.165, 1.54) is 0 Å². The minimum Gasteiger partial charge on any atom is -0.243 e. The topological polar surface area (TPSA) is 25.8 Å². The number of allylic oxidation sites excluding steroid dienone is 2. The first-order valence-electron chi connectivity index (χ1n) is 5.56. The summed E-state index contributed by atoms with van der Waals surface area (Å²) in [5, 5.41) is 1.32. The first-order chi connectivity index (χ1) is 8.25. The first-order valence-corrected chi connectivity index (χ1v) is 6.31. The lowest BCUT2D eigenvalue weighted by atomic mass is 10.1. The summed E-state index contributed by atoms with van der Waals surface area (Å²) in [5.74, 6) is 0. The molecular weight excluding hydrogens is 255 g/mol. The van der Waals surface area contributed by atoms with Crippen LogP contribution in [0.3, 0.4) is 0 Å². The molecule has 1 aliphatic rings. The van der Waals surface area contributed by atoms with E-state index < -0.39 is 0 Å². The number of benzene rings is 1. The maximum absolute atomic E-state index is 6.19. The van der Waals surface area contributed by atoms with E-state index >= 15 is 0 Å². The molecule has 0 bridgehead atoms. The Morgan fingerprint density at radius 3 is 2.29 bits per heavy atom. The number of rotatable bonds is 1. The zero-order chi connectivity index (χ0) is 11.8. The van der Waals surface area contributed by atoms with Gasteiger partial charge in [-0.3, -0.25) is 0 Å². The molecule has 0 spiro atoms. The van der Waals surface area contributed by atoms with Crippen molar-refractivity contribution in [3.8, 4) is 0 Å². The molecule has 0 amide bonds. The normalized spacial score (nSPS) is 15.9. The Kier molecular flexibility index (Phi) is 2.77. The van der Waals surface area contributed by atoms with Crippen molar-refractivity contribution in [1.82, 2.24) is 9.97 Å². The summed E-state index contributed by atoms with van der Waals surface area (Å²) in [4.78, 5) is 8.94. The van der Waals surface area contributed by atoms with Crippen molar-refractivity contribution in [2.24, 2.45) is 0 Å². The maximum atomic E-state index is 6.19. The standard InChI is InChI=1S/C13H10Cl2N2/c14-9-5-3-4-8(9)12-13(15)17-11-7-2-1-6-10(11)16-12/h1-2,6-7H,3-5H2. The number of halogens is 2. The fourth-order valence-electron chi connectivity index (χ4n) is 2.12. The van der Waals surface area contributed by atoms with Crippen LogP contribution in [0.1, 0.15) is 25.0 Å². The van der Waals surface area contributed by atoms with E-state index in [1.54, 1.807) is 0 Å². The molecule has 1 heterocycles. The predicted octanol–water partition coefficient (Wildman–Crippen LogP) is 4.42. The Labute approximate surface area is 109 Å². The number of hydrogen-bond acceptors (Lipinski definition) is 2. The Hall–Kier alpha value is -1.12. The van der Waals surface area contributed by atoms with Gasteiger partial charge in [-0.1, -0.05) is 35.3 Å². The summed E-state index contributed by atoms with van der Waals surface area (Å²) in [5.41, 5.74) is 3.47. The highest BCUT2D eigenvalue weighted by atomic mass is 35.5. The van der Waals surface area contributed by atoms with Crippen LogP contribution in [0.15, 0.2) is 29.3 Å². The van der Waals surface area contributed by atoms with Gasteiger partial charge in [-0.05, 0) is 37.0 Å². The molecule has 0 N–H and O–H groups in total. The molecule has 17 heavy (non-hydrogen) atoms. The third-order valence-corrected chi connectivity index (χ3v) is 3.64. The van der Waals surface area contributed by atoms with Gasteiger partial charge < -0.3 is 0 Å². The molecule has 86 valence electrons. The van der Waals surface area contributed by atoms with Crippen molar-refractivity contribution in [2.45, 2.75) is 19.3 Å². The van der Waals surface area contributed by atoms with E-state index in [9.17, 15) is 0 Å². The molecule has 4 heteroatoms. The molecule has 1 aromatic heterocycles. The van der Waals surface area contributed by atoms with Crippen molar-refractivity contribution < 1.29 is 0 Å². The molecule has 0 saturated heterocycles. The molecule has 2 nitrogen and oxygen atoms in total. The summed E-state index contributed by atoms with van der Waals surface area (Å²) in [6.07, 6.45) is 2.92. The van der Waals surface area contributed by atoms with Crippen LogP contribution in [0.25, 0.3) is 16.6 Å². The largest absolute Gasteiger partial charge is 0.243 e. The van der Waals surface area contributed by atoms with Crippen LogP contribution in [-0.2, 0) is 0 Å². The summed E-state index contributed by atoms with van der Waals surface area (Å²) in [6, 6.07) is 7.71. The molecule has 0 atom stereocenters. The lowest BCUT2D eigenvalue weighted by molar-refractivity contribution is 0.927. The lowest BCUT2D eigenvalue weighted by Crippen LogP contribution is -1.94. The minimum absolute atomic E-state index is 0.443. The zero-order valence-corrected chi connectivity index (χ0v) is 10.6. The van der Waals surface area contributed by atoms with Gasteiger partial charge in [-0.2, -0.15) is 0 Å². The number of fused-ring (bicyclic) bond motifs is 1. The van der Waals surface area contributed by atoms with Crippen LogP contribution in [0.5, 0.6) is 0 Å². The van der Waals surface area contributed by atoms with Crippen LogP contribution in [-0.4, -0.2) is 9.97 Å². The summed E-state index contributed by atoms with van der Waals surface area (Å²) in [6.45, 7) is 0. The van der Waals surface area contributed by atoms with Crippen molar-refractivity contribution in [1.29, 1.82) is 0 Å². The summed E-state index contributed by atoms with van der Waals surface area (Å²) >= 11 is 12.4. The van der Waals surface area contributed by atoms with E-state index in [1.807, 2.05) is 24.3 Å². The minimum atomic E-state index is 0.443. The van der Waals surface area contributed by atoms with Crippen LogP contribution in [0, 0.1) is 0 Å². The third-order valence-electron chi connectivity index (χ3n) is 2.96. The predicted molar refractivity (Wildman–Crippen MR) is 71.2 cm³/mol. The maximum Gasteiger partial charge on any atom is 0.155 e.